The Balaban J connectivity index is 0.00000420. The smallest absolute Gasteiger partial charge is 0.240 e. The third-order valence-electron chi connectivity index (χ3n) is 4.82. The summed E-state index contributed by atoms with van der Waals surface area (Å²) >= 11 is 0. The number of sulfonamides is 1. The number of benzene rings is 1. The molecular formula is C19H34IN5O3S. The first-order chi connectivity index (χ1) is 13.3. The minimum Gasteiger partial charge on any atom is -0.379 e. The van der Waals surface area contributed by atoms with Crippen LogP contribution in [0.2, 0.25) is 0 Å². The molecule has 1 saturated heterocycles. The molecule has 0 aromatic heterocycles. The number of ether oxygens (including phenoxy) is 1. The number of halogens is 1. The van der Waals surface area contributed by atoms with Crippen molar-refractivity contribution < 1.29 is 13.2 Å². The number of nitrogens with one attached hydrogen (secondary N) is 3. The zero-order valence-electron chi connectivity index (χ0n) is 17.7. The molecule has 1 heterocycles. The summed E-state index contributed by atoms with van der Waals surface area (Å²) in [4.78, 5) is 7.30. The van der Waals surface area contributed by atoms with Crippen molar-refractivity contribution in [2.24, 2.45) is 4.99 Å². The van der Waals surface area contributed by atoms with Crippen LogP contribution < -0.4 is 15.4 Å². The van der Waals surface area contributed by atoms with E-state index in [4.69, 9.17) is 4.74 Å². The minimum absolute atomic E-state index is 0. The Morgan fingerprint density at radius 1 is 1.17 bits per heavy atom. The summed E-state index contributed by atoms with van der Waals surface area (Å²) in [6.07, 6.45) is 0. The summed E-state index contributed by atoms with van der Waals surface area (Å²) in [7, 11) is -2.01. The van der Waals surface area contributed by atoms with Crippen molar-refractivity contribution in [1.29, 1.82) is 0 Å². The fourth-order valence-corrected chi connectivity index (χ4v) is 3.71. The van der Waals surface area contributed by atoms with Crippen LogP contribution in [0, 0.1) is 0 Å². The molecule has 0 spiro atoms. The molecule has 0 bridgehead atoms. The monoisotopic (exact) mass is 539 g/mol. The van der Waals surface area contributed by atoms with Crippen molar-refractivity contribution in [1.82, 2.24) is 20.3 Å². The van der Waals surface area contributed by atoms with E-state index in [0.717, 1.165) is 50.9 Å². The van der Waals surface area contributed by atoms with Crippen LogP contribution in [-0.4, -0.2) is 71.3 Å². The van der Waals surface area contributed by atoms with Gasteiger partial charge in [0.2, 0.25) is 10.0 Å². The van der Waals surface area contributed by atoms with Gasteiger partial charge in [0.05, 0.1) is 24.7 Å². The lowest BCUT2D eigenvalue weighted by Crippen LogP contribution is -2.56. The maximum Gasteiger partial charge on any atom is 0.240 e. The number of hydrogen-bond donors (Lipinski definition) is 3. The van der Waals surface area contributed by atoms with Gasteiger partial charge in [-0.05, 0) is 45.5 Å². The van der Waals surface area contributed by atoms with Gasteiger partial charge in [-0.3, -0.25) is 4.90 Å². The van der Waals surface area contributed by atoms with E-state index < -0.39 is 10.0 Å². The third kappa shape index (κ3) is 8.00. The second-order valence-electron chi connectivity index (χ2n) is 7.31. The van der Waals surface area contributed by atoms with Gasteiger partial charge in [-0.1, -0.05) is 12.1 Å². The van der Waals surface area contributed by atoms with Crippen LogP contribution in [0.4, 0.5) is 0 Å². The number of morpholine rings is 1. The number of hydrogen-bond acceptors (Lipinski definition) is 5. The molecule has 0 aliphatic carbocycles. The SMILES string of the molecule is CCNC(=NCc1ccc(S(=O)(=O)NC)cc1)NCC(C)(C)N1CCOCC1.I. The molecule has 1 aliphatic rings. The zero-order chi connectivity index (χ0) is 20.6. The third-order valence-corrected chi connectivity index (χ3v) is 6.25. The van der Waals surface area contributed by atoms with Crippen molar-refractivity contribution in [3.63, 3.8) is 0 Å². The number of aliphatic imine (C=N–C) groups is 1. The molecule has 1 aliphatic heterocycles. The molecule has 166 valence electrons. The lowest BCUT2D eigenvalue weighted by molar-refractivity contribution is -0.00834. The second-order valence-corrected chi connectivity index (χ2v) is 9.20. The van der Waals surface area contributed by atoms with Crippen LogP contribution in [0.15, 0.2) is 34.2 Å². The van der Waals surface area contributed by atoms with E-state index in [-0.39, 0.29) is 34.4 Å². The summed E-state index contributed by atoms with van der Waals surface area (Å²) in [5.74, 6) is 0.746. The van der Waals surface area contributed by atoms with Crippen molar-refractivity contribution in [2.75, 3.05) is 46.4 Å². The second kappa shape index (κ2) is 12.0. The Morgan fingerprint density at radius 2 is 1.79 bits per heavy atom. The molecule has 0 atom stereocenters. The van der Waals surface area contributed by atoms with Gasteiger partial charge in [0.15, 0.2) is 5.96 Å². The van der Waals surface area contributed by atoms with Crippen LogP contribution in [0.5, 0.6) is 0 Å². The fourth-order valence-electron chi connectivity index (χ4n) is 2.98. The zero-order valence-corrected chi connectivity index (χ0v) is 20.8. The molecule has 1 aromatic carbocycles. The molecular weight excluding hydrogens is 505 g/mol. The molecule has 0 amide bonds. The van der Waals surface area contributed by atoms with E-state index in [2.05, 4.69) is 39.1 Å². The van der Waals surface area contributed by atoms with Crippen molar-refractivity contribution >= 4 is 40.0 Å². The van der Waals surface area contributed by atoms with E-state index in [1.165, 1.54) is 7.05 Å². The first-order valence-electron chi connectivity index (χ1n) is 9.66. The van der Waals surface area contributed by atoms with E-state index in [9.17, 15) is 8.42 Å². The summed E-state index contributed by atoms with van der Waals surface area (Å²) in [5.41, 5.74) is 0.933. The molecule has 2 rings (SSSR count). The Bertz CT molecular complexity index is 748. The Hall–Kier alpha value is -0.950. The lowest BCUT2D eigenvalue weighted by Gasteiger charge is -2.41. The van der Waals surface area contributed by atoms with Crippen LogP contribution in [0.1, 0.15) is 26.3 Å². The molecule has 10 heteroatoms. The van der Waals surface area contributed by atoms with Gasteiger partial charge in [0.1, 0.15) is 0 Å². The topological polar surface area (TPSA) is 95.1 Å². The highest BCUT2D eigenvalue weighted by atomic mass is 127. The van der Waals surface area contributed by atoms with Crippen molar-refractivity contribution in [2.45, 2.75) is 37.8 Å². The average molecular weight is 539 g/mol. The number of guanidine groups is 1. The normalized spacial score (nSPS) is 16.2. The highest BCUT2D eigenvalue weighted by Gasteiger charge is 2.28. The van der Waals surface area contributed by atoms with Gasteiger partial charge in [0.25, 0.3) is 0 Å². The Kier molecular flexibility index (Phi) is 10.8. The molecule has 3 N–H and O–H groups in total. The van der Waals surface area contributed by atoms with Gasteiger partial charge < -0.3 is 15.4 Å². The minimum atomic E-state index is -3.41. The Morgan fingerprint density at radius 3 is 2.34 bits per heavy atom. The van der Waals surface area contributed by atoms with Gasteiger partial charge in [-0.2, -0.15) is 0 Å². The standard InChI is InChI=1S/C19H33N5O3S.HI/c1-5-21-18(23-15-19(2,3)24-10-12-27-13-11-24)22-14-16-6-8-17(9-7-16)28(25,26)20-4;/h6-9,20H,5,10-15H2,1-4H3,(H2,21,22,23);1H. The first kappa shape index (κ1) is 26.1. The van der Waals surface area contributed by atoms with Crippen LogP contribution in [0.3, 0.4) is 0 Å². The van der Waals surface area contributed by atoms with E-state index in [1.54, 1.807) is 24.3 Å². The summed E-state index contributed by atoms with van der Waals surface area (Å²) in [5, 5.41) is 6.69. The van der Waals surface area contributed by atoms with Gasteiger partial charge >= 0.3 is 0 Å². The maximum absolute atomic E-state index is 11.8. The van der Waals surface area contributed by atoms with Crippen molar-refractivity contribution in [3.05, 3.63) is 29.8 Å². The molecule has 29 heavy (non-hydrogen) atoms. The molecule has 1 aromatic rings. The molecule has 0 saturated carbocycles. The summed E-state index contributed by atoms with van der Waals surface area (Å²) < 4.78 is 31.4. The van der Waals surface area contributed by atoms with Gasteiger partial charge in [-0.15, -0.1) is 24.0 Å². The highest BCUT2D eigenvalue weighted by molar-refractivity contribution is 14.0. The quantitative estimate of drug-likeness (QED) is 0.263. The summed E-state index contributed by atoms with van der Waals surface area (Å²) in [6, 6.07) is 6.76. The largest absolute Gasteiger partial charge is 0.379 e. The first-order valence-corrected chi connectivity index (χ1v) is 11.1. The average Bonchev–Trinajstić information content (AvgIpc) is 2.71. The van der Waals surface area contributed by atoms with E-state index in [0.29, 0.717) is 6.54 Å². The van der Waals surface area contributed by atoms with Crippen LogP contribution >= 0.6 is 24.0 Å². The van der Waals surface area contributed by atoms with E-state index in [1.807, 2.05) is 6.92 Å². The maximum atomic E-state index is 11.8. The van der Waals surface area contributed by atoms with Crippen LogP contribution in [0.25, 0.3) is 0 Å². The lowest BCUT2D eigenvalue weighted by atomic mass is 10.0. The van der Waals surface area contributed by atoms with Crippen LogP contribution in [-0.2, 0) is 21.3 Å². The molecule has 1 fully saturated rings. The predicted molar refractivity (Wildman–Crippen MR) is 127 cm³/mol. The van der Waals surface area contributed by atoms with Crippen molar-refractivity contribution in [3.8, 4) is 0 Å². The highest BCUT2D eigenvalue weighted by Crippen LogP contribution is 2.15. The molecule has 8 nitrogen and oxygen atoms in total. The summed E-state index contributed by atoms with van der Waals surface area (Å²) in [6.45, 7) is 11.9. The van der Waals surface area contributed by atoms with Gasteiger partial charge in [-0.25, -0.2) is 18.1 Å². The fraction of sp³-hybridized carbons (Fsp3) is 0.632. The molecule has 0 unspecified atom stereocenters. The predicted octanol–water partition coefficient (Wildman–Crippen LogP) is 1.38. The Labute approximate surface area is 191 Å². The number of rotatable bonds is 8. The number of nitrogens with zero attached hydrogens (tertiary/aromatic N) is 2. The molecule has 0 radical (unpaired) electrons. The van der Waals surface area contributed by atoms with Gasteiger partial charge in [0, 0.05) is 31.7 Å². The van der Waals surface area contributed by atoms with E-state index >= 15 is 0 Å².